The van der Waals surface area contributed by atoms with E-state index in [1.54, 1.807) is 0 Å². The second-order valence-corrected chi connectivity index (χ2v) is 5.27. The summed E-state index contributed by atoms with van der Waals surface area (Å²) in [4.78, 5) is 12.3. The highest BCUT2D eigenvalue weighted by atomic mass is 35.5. The fourth-order valence-electron chi connectivity index (χ4n) is 2.26. The molecule has 0 aliphatic carbocycles. The van der Waals surface area contributed by atoms with Crippen molar-refractivity contribution < 1.29 is 13.9 Å². The molecule has 21 heavy (non-hydrogen) atoms. The molecule has 0 bridgehead atoms. The lowest BCUT2D eigenvalue weighted by Gasteiger charge is -2.26. The molecule has 2 aromatic carbocycles. The Morgan fingerprint density at radius 3 is 2.95 bits per heavy atom. The molecule has 0 fully saturated rings. The number of para-hydroxylation sites is 2. The third kappa shape index (κ3) is 3.00. The summed E-state index contributed by atoms with van der Waals surface area (Å²) in [5, 5.41) is 3.42. The number of fused-ring (bicyclic) bond motifs is 1. The fourth-order valence-corrected chi connectivity index (χ4v) is 2.49. The third-order valence-electron chi connectivity index (χ3n) is 3.37. The number of halogens is 2. The number of ketones is 1. The number of benzene rings is 2. The lowest BCUT2D eigenvalue weighted by molar-refractivity contribution is -0.124. The second-order valence-electron chi connectivity index (χ2n) is 4.86. The summed E-state index contributed by atoms with van der Waals surface area (Å²) in [6.07, 6.45) is -0.450. The van der Waals surface area contributed by atoms with Gasteiger partial charge in [0.25, 0.3) is 0 Å². The van der Waals surface area contributed by atoms with Gasteiger partial charge in [0.1, 0.15) is 11.6 Å². The maximum absolute atomic E-state index is 13.0. The summed E-state index contributed by atoms with van der Waals surface area (Å²) >= 11 is 5.94. The van der Waals surface area contributed by atoms with Crippen molar-refractivity contribution in [3.05, 3.63) is 58.9 Å². The van der Waals surface area contributed by atoms with Crippen LogP contribution in [0, 0.1) is 5.82 Å². The molecule has 0 radical (unpaired) electrons. The Balaban J connectivity index is 1.72. The molecule has 1 aliphatic heterocycles. The Bertz CT molecular complexity index is 690. The molecule has 0 saturated carbocycles. The smallest absolute Gasteiger partial charge is 0.179 e. The lowest BCUT2D eigenvalue weighted by atomic mass is 10.0. The average Bonchev–Trinajstić information content (AvgIpc) is 2.49. The van der Waals surface area contributed by atoms with Crippen LogP contribution in [0.4, 0.5) is 10.1 Å². The normalized spacial score (nSPS) is 16.6. The number of rotatable bonds is 3. The van der Waals surface area contributed by atoms with E-state index in [9.17, 15) is 9.18 Å². The number of ether oxygens (including phenoxy) is 1. The molecule has 1 N–H and O–H groups in total. The van der Waals surface area contributed by atoms with Gasteiger partial charge in [0.05, 0.1) is 12.2 Å². The summed E-state index contributed by atoms with van der Waals surface area (Å²) in [7, 11) is 0. The number of carbonyl (C=O) groups excluding carboxylic acids is 1. The van der Waals surface area contributed by atoms with Gasteiger partial charge in [-0.05, 0) is 29.8 Å². The van der Waals surface area contributed by atoms with Crippen LogP contribution in [-0.2, 0) is 11.2 Å². The molecule has 1 unspecified atom stereocenters. The first-order valence-electron chi connectivity index (χ1n) is 6.59. The van der Waals surface area contributed by atoms with Gasteiger partial charge in [0, 0.05) is 11.4 Å². The van der Waals surface area contributed by atoms with Crippen molar-refractivity contribution in [3.63, 3.8) is 0 Å². The maximum atomic E-state index is 13.0. The minimum atomic E-state index is -0.569. The Morgan fingerprint density at radius 1 is 1.33 bits per heavy atom. The first-order valence-corrected chi connectivity index (χ1v) is 6.97. The number of Topliss-reactive ketones (excluding diaryl/α,β-unsaturated/α-hetero) is 1. The zero-order valence-corrected chi connectivity index (χ0v) is 11.9. The van der Waals surface area contributed by atoms with Gasteiger partial charge in [-0.1, -0.05) is 29.8 Å². The van der Waals surface area contributed by atoms with E-state index in [1.807, 2.05) is 24.3 Å². The molecule has 1 heterocycles. The van der Waals surface area contributed by atoms with E-state index in [0.717, 1.165) is 5.69 Å². The molecular weight excluding hydrogens is 293 g/mol. The number of carbonyl (C=O) groups is 1. The van der Waals surface area contributed by atoms with Crippen molar-refractivity contribution >= 4 is 23.1 Å². The summed E-state index contributed by atoms with van der Waals surface area (Å²) in [6.45, 7) is 0.411. The number of anilines is 1. The summed E-state index contributed by atoms with van der Waals surface area (Å²) in [6, 6.07) is 11.5. The van der Waals surface area contributed by atoms with E-state index in [-0.39, 0.29) is 17.2 Å². The standard InChI is InChI=1S/C16H13ClFNO2/c17-12-8-11(18)6-5-10(12)7-14(20)16-9-19-13-3-1-2-4-15(13)21-16/h1-6,8,16,19H,7,9H2. The van der Waals surface area contributed by atoms with Gasteiger partial charge in [0.15, 0.2) is 11.9 Å². The molecule has 3 rings (SSSR count). The van der Waals surface area contributed by atoms with E-state index >= 15 is 0 Å². The first kappa shape index (κ1) is 13.9. The third-order valence-corrected chi connectivity index (χ3v) is 3.72. The van der Waals surface area contributed by atoms with Gasteiger partial charge in [-0.25, -0.2) is 4.39 Å². The minimum absolute atomic E-state index is 0.0921. The highest BCUT2D eigenvalue weighted by Gasteiger charge is 2.26. The first-order chi connectivity index (χ1) is 10.1. The molecule has 5 heteroatoms. The predicted octanol–water partition coefficient (Wildman–Crippen LogP) is 3.46. The molecule has 0 saturated heterocycles. The van der Waals surface area contributed by atoms with E-state index in [1.165, 1.54) is 18.2 Å². The minimum Gasteiger partial charge on any atom is -0.479 e. The second kappa shape index (κ2) is 5.74. The summed E-state index contributed by atoms with van der Waals surface area (Å²) in [5.41, 5.74) is 1.48. The van der Waals surface area contributed by atoms with Crippen LogP contribution >= 0.6 is 11.6 Å². The molecule has 2 aromatic rings. The topological polar surface area (TPSA) is 38.3 Å². The van der Waals surface area contributed by atoms with E-state index in [0.29, 0.717) is 17.9 Å². The predicted molar refractivity (Wildman–Crippen MR) is 79.5 cm³/mol. The molecule has 108 valence electrons. The Labute approximate surface area is 126 Å². The van der Waals surface area contributed by atoms with E-state index in [4.69, 9.17) is 16.3 Å². The molecule has 0 amide bonds. The van der Waals surface area contributed by atoms with Crippen LogP contribution < -0.4 is 10.1 Å². The molecular formula is C16H13ClFNO2. The SMILES string of the molecule is O=C(Cc1ccc(F)cc1Cl)C1CNc2ccccc2O1. The van der Waals surface area contributed by atoms with Crippen LogP contribution in [0.3, 0.4) is 0 Å². The molecule has 1 atom stereocenters. The highest BCUT2D eigenvalue weighted by Crippen LogP contribution is 2.29. The molecule has 0 spiro atoms. The van der Waals surface area contributed by atoms with Crippen LogP contribution in [0.1, 0.15) is 5.56 Å². The van der Waals surface area contributed by atoms with Crippen molar-refractivity contribution in [2.75, 3.05) is 11.9 Å². The molecule has 0 aromatic heterocycles. The Morgan fingerprint density at radius 2 is 2.14 bits per heavy atom. The van der Waals surface area contributed by atoms with Crippen molar-refractivity contribution in [1.29, 1.82) is 0 Å². The van der Waals surface area contributed by atoms with Crippen molar-refractivity contribution in [2.24, 2.45) is 0 Å². The van der Waals surface area contributed by atoms with E-state index in [2.05, 4.69) is 5.32 Å². The quantitative estimate of drug-likeness (QED) is 0.943. The van der Waals surface area contributed by atoms with Crippen LogP contribution in [-0.4, -0.2) is 18.4 Å². The number of hydrogen-bond donors (Lipinski definition) is 1. The van der Waals surface area contributed by atoms with Crippen molar-refractivity contribution in [1.82, 2.24) is 0 Å². The highest BCUT2D eigenvalue weighted by molar-refractivity contribution is 6.31. The number of nitrogens with one attached hydrogen (secondary N) is 1. The van der Waals surface area contributed by atoms with E-state index < -0.39 is 11.9 Å². The largest absolute Gasteiger partial charge is 0.479 e. The van der Waals surface area contributed by atoms with Gasteiger partial charge in [0.2, 0.25) is 0 Å². The van der Waals surface area contributed by atoms with Gasteiger partial charge in [-0.2, -0.15) is 0 Å². The van der Waals surface area contributed by atoms with Crippen LogP contribution in [0.15, 0.2) is 42.5 Å². The van der Waals surface area contributed by atoms with Crippen molar-refractivity contribution in [2.45, 2.75) is 12.5 Å². The number of hydrogen-bond acceptors (Lipinski definition) is 3. The van der Waals surface area contributed by atoms with Gasteiger partial charge >= 0.3 is 0 Å². The Kier molecular flexibility index (Phi) is 3.80. The Hall–Kier alpha value is -2.07. The zero-order chi connectivity index (χ0) is 14.8. The molecule has 1 aliphatic rings. The maximum Gasteiger partial charge on any atom is 0.179 e. The monoisotopic (exact) mass is 305 g/mol. The van der Waals surface area contributed by atoms with Crippen LogP contribution in [0.5, 0.6) is 5.75 Å². The summed E-state index contributed by atoms with van der Waals surface area (Å²) in [5.74, 6) is 0.151. The van der Waals surface area contributed by atoms with Crippen LogP contribution in [0.25, 0.3) is 0 Å². The van der Waals surface area contributed by atoms with Gasteiger partial charge in [-0.15, -0.1) is 0 Å². The fraction of sp³-hybridized carbons (Fsp3) is 0.188. The zero-order valence-electron chi connectivity index (χ0n) is 11.1. The summed E-state index contributed by atoms with van der Waals surface area (Å²) < 4.78 is 18.7. The average molecular weight is 306 g/mol. The van der Waals surface area contributed by atoms with Gasteiger partial charge in [-0.3, -0.25) is 4.79 Å². The molecule has 3 nitrogen and oxygen atoms in total. The lowest BCUT2D eigenvalue weighted by Crippen LogP contribution is -2.38. The van der Waals surface area contributed by atoms with Crippen LogP contribution in [0.2, 0.25) is 5.02 Å². The van der Waals surface area contributed by atoms with Crippen molar-refractivity contribution in [3.8, 4) is 5.75 Å². The van der Waals surface area contributed by atoms with Gasteiger partial charge < -0.3 is 10.1 Å².